The van der Waals surface area contributed by atoms with Crippen molar-refractivity contribution in [1.29, 1.82) is 0 Å². The molecule has 9 nitrogen and oxygen atoms in total. The Balaban J connectivity index is 1.71. The van der Waals surface area contributed by atoms with Gasteiger partial charge < -0.3 is 20.7 Å². The van der Waals surface area contributed by atoms with Crippen LogP contribution in [-0.4, -0.2) is 64.0 Å². The minimum absolute atomic E-state index is 0.0231. The fraction of sp³-hybridized carbons (Fsp3) is 0.333. The lowest BCUT2D eigenvalue weighted by atomic mass is 10.2. The van der Waals surface area contributed by atoms with Gasteiger partial charge in [-0.2, -0.15) is 18.3 Å². The Morgan fingerprint density at radius 1 is 1.18 bits per heavy atom. The van der Waals surface area contributed by atoms with E-state index in [0.717, 1.165) is 4.68 Å². The predicted octanol–water partition coefficient (Wildman–Crippen LogP) is 2.70. The molecule has 0 unspecified atom stereocenters. The van der Waals surface area contributed by atoms with E-state index in [1.54, 1.807) is 17.0 Å². The number of carbonyl (C=O) groups is 2. The monoisotopic (exact) mass is 462 g/mol. The third-order valence-corrected chi connectivity index (χ3v) is 5.10. The Morgan fingerprint density at radius 2 is 2.00 bits per heavy atom. The Labute approximate surface area is 186 Å². The number of hydrogen-bond acceptors (Lipinski definition) is 6. The second-order valence-electron chi connectivity index (χ2n) is 7.54. The summed E-state index contributed by atoms with van der Waals surface area (Å²) in [6.45, 7) is 0.438. The van der Waals surface area contributed by atoms with E-state index in [2.05, 4.69) is 15.4 Å². The van der Waals surface area contributed by atoms with E-state index in [4.69, 9.17) is 10.5 Å². The summed E-state index contributed by atoms with van der Waals surface area (Å²) in [7, 11) is 0. The summed E-state index contributed by atoms with van der Waals surface area (Å²) in [6, 6.07) is 7.49. The number of anilines is 2. The van der Waals surface area contributed by atoms with Gasteiger partial charge in [0.1, 0.15) is 12.2 Å². The smallest absolute Gasteiger partial charge is 0.380 e. The topological polar surface area (TPSA) is 115 Å². The molecule has 1 aliphatic rings. The van der Waals surface area contributed by atoms with Crippen molar-refractivity contribution in [2.24, 2.45) is 5.73 Å². The van der Waals surface area contributed by atoms with Crippen molar-refractivity contribution < 1.29 is 27.5 Å². The number of fused-ring (bicyclic) bond motifs is 1. The average Bonchev–Trinajstić information content (AvgIpc) is 2.94. The lowest BCUT2D eigenvalue weighted by Crippen LogP contribution is -2.33. The summed E-state index contributed by atoms with van der Waals surface area (Å²) in [6.07, 6.45) is -2.55. The number of carbonyl (C=O) groups excluding carboxylic acids is 2. The first-order chi connectivity index (χ1) is 15.7. The maximum atomic E-state index is 13.2. The van der Waals surface area contributed by atoms with Crippen molar-refractivity contribution in [3.8, 4) is 0 Å². The highest BCUT2D eigenvalue weighted by Gasteiger charge is 2.30. The normalized spacial score (nSPS) is 14.8. The van der Waals surface area contributed by atoms with Crippen molar-refractivity contribution in [2.45, 2.75) is 19.1 Å². The van der Waals surface area contributed by atoms with Crippen molar-refractivity contribution >= 4 is 34.2 Å². The van der Waals surface area contributed by atoms with E-state index in [0.29, 0.717) is 43.8 Å². The molecule has 2 aromatic heterocycles. The second-order valence-corrected chi connectivity index (χ2v) is 7.54. The number of pyridine rings is 1. The van der Waals surface area contributed by atoms with E-state index in [1.807, 2.05) is 0 Å². The van der Waals surface area contributed by atoms with Crippen LogP contribution < -0.4 is 11.1 Å². The molecular weight excluding hydrogens is 441 g/mol. The molecule has 1 saturated heterocycles. The van der Waals surface area contributed by atoms with Crippen LogP contribution in [0.5, 0.6) is 0 Å². The van der Waals surface area contributed by atoms with Crippen molar-refractivity contribution in [1.82, 2.24) is 19.7 Å². The van der Waals surface area contributed by atoms with Crippen LogP contribution in [0.25, 0.3) is 10.9 Å². The first-order valence-corrected chi connectivity index (χ1v) is 10.2. The number of hydrogen-bond donors (Lipinski definition) is 2. The highest BCUT2D eigenvalue weighted by atomic mass is 19.4. The van der Waals surface area contributed by atoms with Gasteiger partial charge in [-0.25, -0.2) is 0 Å². The Bertz CT molecular complexity index is 1190. The van der Waals surface area contributed by atoms with Gasteiger partial charge in [0, 0.05) is 37.1 Å². The Kier molecular flexibility index (Phi) is 6.18. The van der Waals surface area contributed by atoms with Crippen LogP contribution >= 0.6 is 0 Å². The molecule has 1 fully saturated rings. The second kappa shape index (κ2) is 9.06. The molecule has 174 valence electrons. The fourth-order valence-corrected chi connectivity index (χ4v) is 3.57. The van der Waals surface area contributed by atoms with Gasteiger partial charge in [-0.15, -0.1) is 0 Å². The first kappa shape index (κ1) is 22.5. The van der Waals surface area contributed by atoms with Crippen LogP contribution in [0.15, 0.2) is 36.5 Å². The number of benzene rings is 1. The summed E-state index contributed by atoms with van der Waals surface area (Å²) in [4.78, 5) is 30.1. The third-order valence-electron chi connectivity index (χ3n) is 5.10. The van der Waals surface area contributed by atoms with Gasteiger partial charge in [-0.1, -0.05) is 6.07 Å². The highest BCUT2D eigenvalue weighted by molar-refractivity contribution is 5.99. The molecule has 3 N–H and O–H groups in total. The number of nitrogens with two attached hydrogens (primary N) is 1. The molecule has 12 heteroatoms. The number of amides is 2. The molecule has 0 aliphatic carbocycles. The van der Waals surface area contributed by atoms with Gasteiger partial charge in [-0.05, 0) is 30.7 Å². The molecule has 3 heterocycles. The molecule has 1 aromatic carbocycles. The zero-order valence-electron chi connectivity index (χ0n) is 17.4. The van der Waals surface area contributed by atoms with Gasteiger partial charge in [0.25, 0.3) is 5.91 Å². The molecule has 1 aliphatic heterocycles. The first-order valence-electron chi connectivity index (χ1n) is 10.2. The van der Waals surface area contributed by atoms with Gasteiger partial charge in [0.2, 0.25) is 5.91 Å². The van der Waals surface area contributed by atoms with Crippen LogP contribution in [0.3, 0.4) is 0 Å². The zero-order chi connectivity index (χ0) is 23.6. The summed E-state index contributed by atoms with van der Waals surface area (Å²) in [5, 5.41) is 7.26. The minimum atomic E-state index is -4.53. The molecule has 0 spiro atoms. The van der Waals surface area contributed by atoms with Gasteiger partial charge in [0.15, 0.2) is 5.82 Å². The lowest BCUT2D eigenvalue weighted by molar-refractivity contribution is -0.141. The molecule has 3 aromatic rings. The summed E-state index contributed by atoms with van der Waals surface area (Å²) < 4.78 is 45.7. The minimum Gasteiger partial charge on any atom is -0.380 e. The lowest BCUT2D eigenvalue weighted by Gasteiger charge is -2.19. The van der Waals surface area contributed by atoms with Crippen LogP contribution in [0, 0.1) is 0 Å². The molecule has 0 bridgehead atoms. The van der Waals surface area contributed by atoms with E-state index >= 15 is 0 Å². The largest absolute Gasteiger partial charge is 0.408 e. The molecular formula is C21H21F3N6O3. The number of nitrogens with one attached hydrogen (secondary N) is 1. The van der Waals surface area contributed by atoms with Crippen LogP contribution in [0.1, 0.15) is 27.3 Å². The van der Waals surface area contributed by atoms with Crippen LogP contribution in [0.2, 0.25) is 0 Å². The molecule has 33 heavy (non-hydrogen) atoms. The van der Waals surface area contributed by atoms with Crippen molar-refractivity contribution in [2.75, 3.05) is 31.6 Å². The quantitative estimate of drug-likeness (QED) is 0.603. The zero-order valence-corrected chi connectivity index (χ0v) is 17.4. The Morgan fingerprint density at radius 3 is 2.76 bits per heavy atom. The van der Waals surface area contributed by atoms with Crippen LogP contribution in [-0.2, 0) is 11.3 Å². The van der Waals surface area contributed by atoms with E-state index in [9.17, 15) is 22.8 Å². The van der Waals surface area contributed by atoms with Gasteiger partial charge in [0.05, 0.1) is 17.5 Å². The summed E-state index contributed by atoms with van der Waals surface area (Å²) >= 11 is 0. The van der Waals surface area contributed by atoms with Crippen LogP contribution in [0.4, 0.5) is 24.7 Å². The number of alkyl halides is 3. The van der Waals surface area contributed by atoms with Crippen molar-refractivity contribution in [3.63, 3.8) is 0 Å². The molecule has 0 atom stereocenters. The fourth-order valence-electron chi connectivity index (χ4n) is 3.57. The number of ether oxygens (including phenoxy) is 1. The third kappa shape index (κ3) is 5.22. The predicted molar refractivity (Wildman–Crippen MR) is 113 cm³/mol. The molecule has 4 rings (SSSR count). The molecule has 0 saturated carbocycles. The SMILES string of the molecule is NC(=O)c1cccc(Nc2nn(CC(F)(F)F)c3cc(C(=O)N4CCCOCC4)ncc23)c1. The maximum Gasteiger partial charge on any atom is 0.408 e. The van der Waals surface area contributed by atoms with Crippen molar-refractivity contribution in [3.05, 3.63) is 47.8 Å². The standard InChI is InChI=1S/C21H21F3N6O3/c22-21(23,24)12-30-17-10-16(20(32)29-5-2-7-33-8-6-29)26-11-15(17)19(28-30)27-14-4-1-3-13(9-14)18(25)31/h1,3-4,9-11H,2,5-8,12H2,(H2,25,31)(H,27,28). The summed E-state index contributed by atoms with van der Waals surface area (Å²) in [5.41, 5.74) is 6.06. The van der Waals surface area contributed by atoms with E-state index < -0.39 is 18.6 Å². The number of primary amides is 1. The Hall–Kier alpha value is -3.67. The molecule has 0 radical (unpaired) electrons. The molecule has 2 amide bonds. The van der Waals surface area contributed by atoms with Gasteiger partial charge >= 0.3 is 6.18 Å². The van der Waals surface area contributed by atoms with Gasteiger partial charge in [-0.3, -0.25) is 19.3 Å². The highest BCUT2D eigenvalue weighted by Crippen LogP contribution is 2.29. The average molecular weight is 462 g/mol. The van der Waals surface area contributed by atoms with E-state index in [1.165, 1.54) is 24.4 Å². The number of nitrogens with zero attached hydrogens (tertiary/aromatic N) is 4. The maximum absolute atomic E-state index is 13.2. The number of rotatable bonds is 5. The van der Waals surface area contributed by atoms with E-state index in [-0.39, 0.29) is 28.5 Å². The summed E-state index contributed by atoms with van der Waals surface area (Å²) in [5.74, 6) is -0.925. The number of halogens is 3. The number of aromatic nitrogens is 3.